The first-order chi connectivity index (χ1) is 21.4. The van der Waals surface area contributed by atoms with Crippen LogP contribution in [0.4, 0.5) is 9.93 Å². The zero-order valence-corrected chi connectivity index (χ0v) is 24.8. The number of anilines is 1. The van der Waals surface area contributed by atoms with Gasteiger partial charge in [0, 0.05) is 31.4 Å². The Labute approximate surface area is 257 Å². The number of aromatic nitrogens is 3. The Morgan fingerprint density at radius 2 is 2.09 bits per heavy atom. The number of para-hydroxylation sites is 1. The summed E-state index contributed by atoms with van der Waals surface area (Å²) in [5.41, 5.74) is 9.14. The van der Waals surface area contributed by atoms with Gasteiger partial charge in [0.15, 0.2) is 5.13 Å². The van der Waals surface area contributed by atoms with Gasteiger partial charge >= 0.3 is 6.03 Å². The van der Waals surface area contributed by atoms with Crippen LogP contribution in [-0.2, 0) is 29.1 Å². The molecule has 0 unspecified atom stereocenters. The number of H-pyrrole nitrogens is 1. The number of nitrogens with zero attached hydrogens (tertiary/aromatic N) is 6. The van der Waals surface area contributed by atoms with Crippen molar-refractivity contribution in [3.05, 3.63) is 71.8 Å². The topological polar surface area (TPSA) is 153 Å². The minimum Gasteiger partial charge on any atom is -0.497 e. The molecule has 4 aromatic rings. The average Bonchev–Trinajstić information content (AvgIpc) is 3.76. The molecule has 226 valence electrons. The maximum Gasteiger partial charge on any atom is 0.333 e. The number of piperazine rings is 1. The van der Waals surface area contributed by atoms with Crippen LogP contribution in [0.5, 0.6) is 5.75 Å². The highest BCUT2D eigenvalue weighted by atomic mass is 32.1. The van der Waals surface area contributed by atoms with Gasteiger partial charge in [-0.15, -0.1) is 6.42 Å². The molecule has 0 aliphatic carbocycles. The van der Waals surface area contributed by atoms with Crippen LogP contribution in [-0.4, -0.2) is 91.6 Å². The lowest BCUT2D eigenvalue weighted by Gasteiger charge is -2.46. The number of urea groups is 1. The standard InChI is InChI=1S/C30H31N9O4S/c1-3-11-37(30(42)33-13-19-7-9-22(43-2)10-8-19)38-17-26(40)39-23(12-21-14-32-18-34-21)28(41)36(16-25(38)39)15-20-5-4-6-24-27(20)35-29(31)44-24/h1,4-10,14,18,23,25H,11-13,15-17H2,2H3,(H2,31,35)(H,32,34)(H,33,42)/t23-,25+/m0/s1. The van der Waals surface area contributed by atoms with Crippen LogP contribution in [0.3, 0.4) is 0 Å². The van der Waals surface area contributed by atoms with Gasteiger partial charge in [0.25, 0.3) is 0 Å². The molecule has 44 heavy (non-hydrogen) atoms. The van der Waals surface area contributed by atoms with Gasteiger partial charge in [-0.1, -0.05) is 41.5 Å². The number of carbonyl (C=O) groups is 3. The number of nitrogen functional groups attached to an aromatic ring is 1. The van der Waals surface area contributed by atoms with Crippen LogP contribution in [0.25, 0.3) is 10.2 Å². The number of methoxy groups -OCH3 is 1. The first kappa shape index (κ1) is 29.0. The number of hydrazine groups is 1. The lowest BCUT2D eigenvalue weighted by Crippen LogP contribution is -2.66. The minimum atomic E-state index is -0.818. The number of nitrogens with two attached hydrogens (primary N) is 1. The Kier molecular flexibility index (Phi) is 8.05. The molecular formula is C30H31N9O4S. The van der Waals surface area contributed by atoms with Crippen molar-refractivity contribution in [1.29, 1.82) is 0 Å². The van der Waals surface area contributed by atoms with Gasteiger partial charge < -0.3 is 30.6 Å². The molecule has 0 radical (unpaired) electrons. The van der Waals surface area contributed by atoms with Gasteiger partial charge in [-0.25, -0.2) is 19.8 Å². The molecular weight excluding hydrogens is 582 g/mol. The van der Waals surface area contributed by atoms with Crippen molar-refractivity contribution in [2.45, 2.75) is 31.7 Å². The monoisotopic (exact) mass is 613 g/mol. The van der Waals surface area contributed by atoms with Gasteiger partial charge in [0.05, 0.1) is 43.3 Å². The molecule has 0 bridgehead atoms. The maximum atomic E-state index is 14.0. The SMILES string of the molecule is C#CCN(C(=O)NCc1ccc(OC)cc1)N1CC(=O)N2[C@@H](Cc3cnc[nH]3)C(=O)N(Cc3cccc4sc(N)nc34)C[C@@H]21. The summed E-state index contributed by atoms with van der Waals surface area (Å²) in [5, 5.41) is 6.38. The summed E-state index contributed by atoms with van der Waals surface area (Å²) in [7, 11) is 1.59. The van der Waals surface area contributed by atoms with Crippen LogP contribution in [0.15, 0.2) is 55.0 Å². The highest BCUT2D eigenvalue weighted by molar-refractivity contribution is 7.22. The van der Waals surface area contributed by atoms with E-state index < -0.39 is 18.2 Å². The second-order valence-electron chi connectivity index (χ2n) is 10.5. The second kappa shape index (κ2) is 12.2. The number of aromatic amines is 1. The highest BCUT2D eigenvalue weighted by Gasteiger charge is 2.52. The van der Waals surface area contributed by atoms with E-state index in [1.807, 2.05) is 42.5 Å². The Hall–Kier alpha value is -5.13. The largest absolute Gasteiger partial charge is 0.497 e. The number of terminal acetylenes is 1. The molecule has 2 aromatic carbocycles. The first-order valence-electron chi connectivity index (χ1n) is 14.0. The van der Waals surface area contributed by atoms with Gasteiger partial charge in [-0.3, -0.25) is 9.59 Å². The van der Waals surface area contributed by atoms with Crippen molar-refractivity contribution in [2.24, 2.45) is 0 Å². The Bertz CT molecular complexity index is 1720. The predicted molar refractivity (Wildman–Crippen MR) is 164 cm³/mol. The van der Waals surface area contributed by atoms with E-state index in [1.165, 1.54) is 22.7 Å². The molecule has 2 aliphatic rings. The normalized spacial score (nSPS) is 18.4. The number of fused-ring (bicyclic) bond motifs is 2. The number of nitrogens with one attached hydrogen (secondary N) is 2. The van der Waals surface area contributed by atoms with Gasteiger partial charge in [-0.2, -0.15) is 5.01 Å². The number of hydrogen-bond acceptors (Lipinski definition) is 9. The maximum absolute atomic E-state index is 14.0. The van der Waals surface area contributed by atoms with Crippen LogP contribution in [0.1, 0.15) is 16.8 Å². The van der Waals surface area contributed by atoms with E-state index in [1.54, 1.807) is 28.1 Å². The molecule has 0 saturated carbocycles. The Balaban J connectivity index is 1.28. The lowest BCUT2D eigenvalue weighted by atomic mass is 10.0. The fourth-order valence-corrected chi connectivity index (χ4v) is 6.51. The molecule has 2 aromatic heterocycles. The van der Waals surface area contributed by atoms with E-state index in [9.17, 15) is 14.4 Å². The summed E-state index contributed by atoms with van der Waals surface area (Å²) in [4.78, 5) is 56.0. The number of imidazole rings is 1. The molecule has 6 rings (SSSR count). The summed E-state index contributed by atoms with van der Waals surface area (Å²) in [6, 6.07) is 11.8. The number of carbonyl (C=O) groups excluding carboxylic acids is 3. The molecule has 2 aliphatic heterocycles. The molecule has 14 heteroatoms. The molecule has 2 atom stereocenters. The fraction of sp³-hybridized carbons (Fsp3) is 0.300. The van der Waals surface area contributed by atoms with E-state index >= 15 is 0 Å². The number of benzene rings is 2. The predicted octanol–water partition coefficient (Wildman–Crippen LogP) is 1.79. The minimum absolute atomic E-state index is 0.0668. The highest BCUT2D eigenvalue weighted by Crippen LogP contribution is 2.32. The Morgan fingerprint density at radius 3 is 2.82 bits per heavy atom. The van der Waals surface area contributed by atoms with Gasteiger partial charge in [0.2, 0.25) is 11.8 Å². The summed E-state index contributed by atoms with van der Waals surface area (Å²) in [6.07, 6.45) is 8.47. The Morgan fingerprint density at radius 1 is 1.27 bits per heavy atom. The van der Waals surface area contributed by atoms with Crippen LogP contribution >= 0.6 is 11.3 Å². The molecule has 4 N–H and O–H groups in total. The molecule has 0 spiro atoms. The number of rotatable bonds is 9. The van der Waals surface area contributed by atoms with Crippen molar-refractivity contribution in [3.8, 4) is 18.1 Å². The van der Waals surface area contributed by atoms with E-state index in [2.05, 4.69) is 26.2 Å². The van der Waals surface area contributed by atoms with Crippen molar-refractivity contribution in [3.63, 3.8) is 0 Å². The summed E-state index contributed by atoms with van der Waals surface area (Å²) < 4.78 is 6.13. The fourth-order valence-electron chi connectivity index (χ4n) is 5.73. The lowest BCUT2D eigenvalue weighted by molar-refractivity contribution is -0.157. The summed E-state index contributed by atoms with van der Waals surface area (Å²) in [5.74, 6) is 2.77. The summed E-state index contributed by atoms with van der Waals surface area (Å²) in [6.45, 7) is 0.481. The average molecular weight is 614 g/mol. The molecule has 2 saturated heterocycles. The smallest absolute Gasteiger partial charge is 0.333 e. The van der Waals surface area contributed by atoms with Crippen molar-refractivity contribution < 1.29 is 19.1 Å². The van der Waals surface area contributed by atoms with Gasteiger partial charge in [-0.05, 0) is 29.3 Å². The van der Waals surface area contributed by atoms with E-state index in [4.69, 9.17) is 16.9 Å². The number of thiazole rings is 1. The number of hydrogen-bond donors (Lipinski definition) is 3. The molecule has 2 fully saturated rings. The quantitative estimate of drug-likeness (QED) is 0.242. The van der Waals surface area contributed by atoms with Crippen LogP contribution < -0.4 is 15.8 Å². The third-order valence-electron chi connectivity index (χ3n) is 7.80. The number of ether oxygens (including phenoxy) is 1. The second-order valence-corrected chi connectivity index (χ2v) is 11.5. The molecule has 4 heterocycles. The van der Waals surface area contributed by atoms with Gasteiger partial charge in [0.1, 0.15) is 18.0 Å². The number of amides is 4. The third-order valence-corrected chi connectivity index (χ3v) is 8.65. The van der Waals surface area contributed by atoms with Crippen molar-refractivity contribution in [2.75, 3.05) is 32.5 Å². The van der Waals surface area contributed by atoms with Crippen molar-refractivity contribution >= 4 is 44.5 Å². The summed E-state index contributed by atoms with van der Waals surface area (Å²) >= 11 is 1.38. The van der Waals surface area contributed by atoms with E-state index in [-0.39, 0.29) is 51.0 Å². The van der Waals surface area contributed by atoms with Crippen LogP contribution in [0.2, 0.25) is 0 Å². The zero-order chi connectivity index (χ0) is 30.8. The zero-order valence-electron chi connectivity index (χ0n) is 24.0. The molecule has 4 amide bonds. The molecule has 13 nitrogen and oxygen atoms in total. The van der Waals surface area contributed by atoms with Crippen LogP contribution in [0, 0.1) is 12.3 Å². The van der Waals surface area contributed by atoms with E-state index in [0.717, 1.165) is 21.3 Å². The van der Waals surface area contributed by atoms with Crippen molar-refractivity contribution in [1.82, 2.24) is 40.1 Å². The van der Waals surface area contributed by atoms with E-state index in [0.29, 0.717) is 16.6 Å². The first-order valence-corrected chi connectivity index (χ1v) is 14.8. The third kappa shape index (κ3) is 5.62.